The highest BCUT2D eigenvalue weighted by molar-refractivity contribution is 6.31. The smallest absolute Gasteiger partial charge is 0.230 e. The lowest BCUT2D eigenvalue weighted by atomic mass is 9.81. The van der Waals surface area contributed by atoms with Gasteiger partial charge in [0.1, 0.15) is 5.82 Å². The third-order valence-corrected chi connectivity index (χ3v) is 3.94. The monoisotopic (exact) mass is 289 g/mol. The molecule has 2 heterocycles. The van der Waals surface area contributed by atoms with Crippen molar-refractivity contribution >= 4 is 23.2 Å². The normalized spacial score (nSPS) is 16.7. The molecule has 20 heavy (non-hydrogen) atoms. The van der Waals surface area contributed by atoms with E-state index >= 15 is 0 Å². The lowest BCUT2D eigenvalue weighted by molar-refractivity contribution is -0.124. The molecule has 2 N–H and O–H groups in total. The molecular formula is C15H16ClN3O. The van der Waals surface area contributed by atoms with Gasteiger partial charge in [0.2, 0.25) is 5.91 Å². The molecule has 1 aliphatic heterocycles. The Morgan fingerprint density at radius 1 is 1.35 bits per heavy atom. The lowest BCUT2D eigenvalue weighted by Crippen LogP contribution is -2.37. The van der Waals surface area contributed by atoms with E-state index in [1.54, 1.807) is 0 Å². The summed E-state index contributed by atoms with van der Waals surface area (Å²) in [5.74, 6) is 0.851. The van der Waals surface area contributed by atoms with Crippen LogP contribution in [0.4, 0.5) is 5.69 Å². The number of carbonyl (C=O) groups is 1. The van der Waals surface area contributed by atoms with Crippen LogP contribution in [0.3, 0.4) is 0 Å². The number of anilines is 1. The number of imidazole rings is 1. The highest BCUT2D eigenvalue weighted by Gasteiger charge is 2.33. The van der Waals surface area contributed by atoms with Crippen LogP contribution in [0.1, 0.15) is 25.2 Å². The molecule has 5 heteroatoms. The van der Waals surface area contributed by atoms with E-state index in [4.69, 9.17) is 11.6 Å². The van der Waals surface area contributed by atoms with Crippen LogP contribution in [0.5, 0.6) is 0 Å². The Bertz CT molecular complexity index is 703. The fraction of sp³-hybridized carbons (Fsp3) is 0.333. The van der Waals surface area contributed by atoms with Gasteiger partial charge in [-0.1, -0.05) is 31.5 Å². The van der Waals surface area contributed by atoms with Crippen LogP contribution < -0.4 is 5.32 Å². The Kier molecular flexibility index (Phi) is 2.87. The first-order valence-corrected chi connectivity index (χ1v) is 6.91. The van der Waals surface area contributed by atoms with Crippen LogP contribution in [0.15, 0.2) is 18.2 Å². The fourth-order valence-corrected chi connectivity index (χ4v) is 2.80. The van der Waals surface area contributed by atoms with Crippen molar-refractivity contribution in [3.63, 3.8) is 0 Å². The number of halogens is 1. The molecule has 1 amide bonds. The molecule has 0 radical (unpaired) electrons. The summed E-state index contributed by atoms with van der Waals surface area (Å²) in [6, 6.07) is 5.93. The minimum Gasteiger partial charge on any atom is -0.341 e. The van der Waals surface area contributed by atoms with Crippen molar-refractivity contribution in [1.82, 2.24) is 9.97 Å². The molecular weight excluding hydrogens is 274 g/mol. The van der Waals surface area contributed by atoms with Gasteiger partial charge in [0, 0.05) is 16.7 Å². The molecule has 0 atom stereocenters. The van der Waals surface area contributed by atoms with Crippen molar-refractivity contribution in [2.24, 2.45) is 5.41 Å². The zero-order valence-electron chi connectivity index (χ0n) is 11.7. The third-order valence-electron chi connectivity index (χ3n) is 3.67. The van der Waals surface area contributed by atoms with Crippen molar-refractivity contribution in [1.29, 1.82) is 0 Å². The standard InChI is InChI=1S/C15H16ClN3O/c1-8-17-12(13(16)18-8)9-4-5-11-10(6-9)7-15(2,3)14(20)19-11/h4-6H,7H2,1-3H3,(H,17,18)(H,19,20). The number of rotatable bonds is 1. The van der Waals surface area contributed by atoms with Crippen LogP contribution in [0.2, 0.25) is 5.15 Å². The second kappa shape index (κ2) is 4.35. The maximum absolute atomic E-state index is 11.9. The minimum absolute atomic E-state index is 0.0631. The zero-order valence-corrected chi connectivity index (χ0v) is 12.4. The number of aromatic amines is 1. The Hall–Kier alpha value is -1.81. The van der Waals surface area contributed by atoms with Crippen molar-refractivity contribution in [2.75, 3.05) is 5.32 Å². The van der Waals surface area contributed by atoms with Crippen molar-refractivity contribution in [2.45, 2.75) is 27.2 Å². The molecule has 1 aromatic heterocycles. The maximum Gasteiger partial charge on any atom is 0.230 e. The number of hydrogen-bond donors (Lipinski definition) is 2. The maximum atomic E-state index is 11.9. The first-order chi connectivity index (χ1) is 9.37. The molecule has 104 valence electrons. The van der Waals surface area contributed by atoms with Crippen molar-refractivity contribution in [3.8, 4) is 11.3 Å². The quantitative estimate of drug-likeness (QED) is 0.843. The van der Waals surface area contributed by atoms with E-state index in [-0.39, 0.29) is 11.3 Å². The van der Waals surface area contributed by atoms with Gasteiger partial charge < -0.3 is 10.3 Å². The molecule has 2 aromatic rings. The summed E-state index contributed by atoms with van der Waals surface area (Å²) in [5.41, 5.74) is 3.42. The number of fused-ring (bicyclic) bond motifs is 1. The van der Waals surface area contributed by atoms with Crippen molar-refractivity contribution < 1.29 is 4.79 Å². The second-order valence-electron chi connectivity index (χ2n) is 5.87. The summed E-state index contributed by atoms with van der Waals surface area (Å²) in [6.45, 7) is 5.77. The Morgan fingerprint density at radius 3 is 2.75 bits per heavy atom. The number of carbonyl (C=O) groups excluding carboxylic acids is 1. The number of hydrogen-bond acceptors (Lipinski definition) is 2. The fourth-order valence-electron chi connectivity index (χ4n) is 2.52. The molecule has 4 nitrogen and oxygen atoms in total. The summed E-state index contributed by atoms with van der Waals surface area (Å²) in [6.07, 6.45) is 0.715. The number of benzene rings is 1. The van der Waals surface area contributed by atoms with Crippen LogP contribution in [-0.2, 0) is 11.2 Å². The molecule has 0 unspecified atom stereocenters. The van der Waals surface area contributed by atoms with Gasteiger partial charge in [0.25, 0.3) is 0 Å². The molecule has 0 saturated heterocycles. The first kappa shape index (κ1) is 13.2. The average molecular weight is 290 g/mol. The number of aromatic nitrogens is 2. The average Bonchev–Trinajstić information content (AvgIpc) is 2.69. The van der Waals surface area contributed by atoms with Gasteiger partial charge in [0.15, 0.2) is 5.15 Å². The van der Waals surface area contributed by atoms with E-state index in [1.807, 2.05) is 32.9 Å². The minimum atomic E-state index is -0.390. The van der Waals surface area contributed by atoms with Gasteiger partial charge in [0.05, 0.1) is 5.69 Å². The van der Waals surface area contributed by atoms with Crippen LogP contribution in [-0.4, -0.2) is 15.9 Å². The second-order valence-corrected chi connectivity index (χ2v) is 6.23. The number of nitrogens with one attached hydrogen (secondary N) is 2. The Balaban J connectivity index is 2.06. The van der Waals surface area contributed by atoms with Gasteiger partial charge >= 0.3 is 0 Å². The predicted molar refractivity (Wildman–Crippen MR) is 79.9 cm³/mol. The van der Waals surface area contributed by atoms with E-state index in [0.717, 1.165) is 28.3 Å². The number of amides is 1. The van der Waals surface area contributed by atoms with Gasteiger partial charge in [-0.2, -0.15) is 0 Å². The molecule has 0 fully saturated rings. The topological polar surface area (TPSA) is 57.8 Å². The van der Waals surface area contributed by atoms with Crippen molar-refractivity contribution in [3.05, 3.63) is 34.7 Å². The number of H-pyrrole nitrogens is 1. The Labute approximate surface area is 122 Å². The van der Waals surface area contributed by atoms with Gasteiger partial charge in [-0.05, 0) is 31.0 Å². The van der Waals surface area contributed by atoms with Crippen LogP contribution >= 0.6 is 11.6 Å². The summed E-state index contributed by atoms with van der Waals surface area (Å²) >= 11 is 6.13. The SMILES string of the molecule is Cc1nc(Cl)c(-c2ccc3c(c2)CC(C)(C)C(=O)N3)[nH]1. The highest BCUT2D eigenvalue weighted by atomic mass is 35.5. The molecule has 1 aliphatic rings. The third kappa shape index (κ3) is 2.10. The van der Waals surface area contributed by atoms with E-state index in [0.29, 0.717) is 11.6 Å². The van der Waals surface area contributed by atoms with E-state index < -0.39 is 0 Å². The highest BCUT2D eigenvalue weighted by Crippen LogP contribution is 2.36. The van der Waals surface area contributed by atoms with Crippen LogP contribution in [0.25, 0.3) is 11.3 Å². The van der Waals surface area contributed by atoms with E-state index in [9.17, 15) is 4.79 Å². The first-order valence-electron chi connectivity index (χ1n) is 6.54. The van der Waals surface area contributed by atoms with E-state index in [2.05, 4.69) is 21.4 Å². The summed E-state index contributed by atoms with van der Waals surface area (Å²) in [4.78, 5) is 19.3. The predicted octanol–water partition coefficient (Wildman–Crippen LogP) is 3.56. The molecule has 1 aromatic carbocycles. The summed E-state index contributed by atoms with van der Waals surface area (Å²) < 4.78 is 0. The molecule has 0 spiro atoms. The molecule has 0 bridgehead atoms. The Morgan fingerprint density at radius 2 is 2.10 bits per heavy atom. The van der Waals surface area contributed by atoms with Gasteiger partial charge in [-0.15, -0.1) is 0 Å². The molecule has 3 rings (SSSR count). The van der Waals surface area contributed by atoms with E-state index in [1.165, 1.54) is 0 Å². The lowest BCUT2D eigenvalue weighted by Gasteiger charge is -2.30. The molecule has 0 aliphatic carbocycles. The van der Waals surface area contributed by atoms with Gasteiger partial charge in [-0.3, -0.25) is 4.79 Å². The number of aryl methyl sites for hydroxylation is 1. The van der Waals surface area contributed by atoms with Gasteiger partial charge in [-0.25, -0.2) is 4.98 Å². The van der Waals surface area contributed by atoms with Crippen LogP contribution in [0, 0.1) is 12.3 Å². The number of nitrogens with zero attached hydrogens (tertiary/aromatic N) is 1. The largest absolute Gasteiger partial charge is 0.341 e. The summed E-state index contributed by atoms with van der Waals surface area (Å²) in [5, 5.41) is 3.42. The summed E-state index contributed by atoms with van der Waals surface area (Å²) in [7, 11) is 0. The molecule has 0 saturated carbocycles. The zero-order chi connectivity index (χ0) is 14.5.